The van der Waals surface area contributed by atoms with E-state index in [0.717, 1.165) is 12.8 Å². The number of ether oxygens (including phenoxy) is 1. The van der Waals surface area contributed by atoms with E-state index in [1.54, 1.807) is 27.7 Å². The molecule has 0 saturated carbocycles. The van der Waals surface area contributed by atoms with Crippen molar-refractivity contribution in [2.45, 2.75) is 60.0 Å². The maximum absolute atomic E-state index is 11.9. The number of ketones is 1. The normalized spacial score (nSPS) is 14.2. The molecule has 0 spiro atoms. The average molecular weight is 583 g/mol. The molecule has 0 amide bonds. The first-order valence-electron chi connectivity index (χ1n) is 8.46. The second kappa shape index (κ2) is 12.5. The molecule has 1 aromatic rings. The molecule has 2 rings (SSSR count). The van der Waals surface area contributed by atoms with Crippen LogP contribution in [0.2, 0.25) is 0 Å². The van der Waals surface area contributed by atoms with Crippen LogP contribution in [0, 0.1) is 70.3 Å². The maximum Gasteiger partial charge on any atom is 2.00 e. The molecule has 1 aliphatic carbocycles. The van der Waals surface area contributed by atoms with Crippen LogP contribution < -0.4 is 0 Å². The number of carbonyl (C=O) groups is 2. The summed E-state index contributed by atoms with van der Waals surface area (Å²) >= 11 is 0. The summed E-state index contributed by atoms with van der Waals surface area (Å²) < 4.78 is 5.20. The van der Waals surface area contributed by atoms with Gasteiger partial charge in [-0.2, -0.15) is 35.4 Å². The van der Waals surface area contributed by atoms with Crippen LogP contribution in [0.5, 0.6) is 0 Å². The molecular formula is C22H32O3U. The van der Waals surface area contributed by atoms with Gasteiger partial charge in [-0.15, -0.1) is 0 Å². The standard InChI is InChI=1S/C13H20O3.C8H9.CH3.U/c1-9(12(15)16-13(2,3)4)11(14)10-7-5-6-8-10;1-7-3-5-8(2)6-4-7;;/h5-6,9-10H,7-8H2,1-4H3;3-5H,1-2H3;1H3;/q;2*-1;+2/t9-;;;/m1.../s1. The molecule has 0 aromatic heterocycles. The van der Waals surface area contributed by atoms with Crippen LogP contribution in [0.25, 0.3) is 0 Å². The minimum Gasteiger partial charge on any atom is -0.459 e. The van der Waals surface area contributed by atoms with Crippen LogP contribution in [0.3, 0.4) is 0 Å². The van der Waals surface area contributed by atoms with Crippen LogP contribution in [0.15, 0.2) is 30.4 Å². The number of allylic oxidation sites excluding steroid dienone is 2. The molecule has 26 heavy (non-hydrogen) atoms. The Morgan fingerprint density at radius 2 is 1.69 bits per heavy atom. The summed E-state index contributed by atoms with van der Waals surface area (Å²) in [7, 11) is 0. The number of benzene rings is 1. The molecule has 1 aliphatic rings. The monoisotopic (exact) mass is 582 g/mol. The Hall–Kier alpha value is -0.848. The molecule has 0 heterocycles. The summed E-state index contributed by atoms with van der Waals surface area (Å²) in [4.78, 5) is 23.6. The van der Waals surface area contributed by atoms with Gasteiger partial charge in [-0.05, 0) is 40.5 Å². The third kappa shape index (κ3) is 10.3. The third-order valence-electron chi connectivity index (χ3n) is 3.72. The molecule has 0 N–H and O–H groups in total. The van der Waals surface area contributed by atoms with E-state index < -0.39 is 17.5 Å². The number of aryl methyl sites for hydroxylation is 2. The van der Waals surface area contributed by atoms with E-state index in [0.29, 0.717) is 0 Å². The number of hydrogen-bond acceptors (Lipinski definition) is 3. The second-order valence-corrected chi connectivity index (χ2v) is 7.35. The maximum atomic E-state index is 11.9. The molecule has 0 aliphatic heterocycles. The fourth-order valence-electron chi connectivity index (χ4n) is 2.29. The molecule has 4 heteroatoms. The molecule has 1 atom stereocenters. The largest absolute Gasteiger partial charge is 2.00 e. The number of Topliss-reactive ketones (excluding diaryl/α,β-unsaturated/α-hetero) is 1. The van der Waals surface area contributed by atoms with Gasteiger partial charge in [-0.3, -0.25) is 9.59 Å². The molecule has 142 valence electrons. The minimum atomic E-state index is -0.649. The Morgan fingerprint density at radius 3 is 2.08 bits per heavy atom. The second-order valence-electron chi connectivity index (χ2n) is 7.35. The summed E-state index contributed by atoms with van der Waals surface area (Å²) in [6.07, 6.45) is 5.49. The van der Waals surface area contributed by atoms with E-state index in [4.69, 9.17) is 4.74 Å². The first kappa shape index (κ1) is 27.4. The van der Waals surface area contributed by atoms with Crippen molar-refractivity contribution in [1.82, 2.24) is 0 Å². The van der Waals surface area contributed by atoms with Gasteiger partial charge >= 0.3 is 37.1 Å². The van der Waals surface area contributed by atoms with Gasteiger partial charge in [-0.1, -0.05) is 26.0 Å². The molecule has 3 nitrogen and oxygen atoms in total. The topological polar surface area (TPSA) is 43.4 Å². The van der Waals surface area contributed by atoms with Crippen molar-refractivity contribution in [1.29, 1.82) is 0 Å². The van der Waals surface area contributed by atoms with Crippen molar-refractivity contribution in [2.24, 2.45) is 11.8 Å². The molecule has 1 aromatic carbocycles. The average Bonchev–Trinajstić information content (AvgIpc) is 3.02. The summed E-state index contributed by atoms with van der Waals surface area (Å²) in [5.74, 6) is -1.09. The number of carbonyl (C=O) groups excluding carboxylic acids is 2. The van der Waals surface area contributed by atoms with Crippen molar-refractivity contribution in [3.63, 3.8) is 0 Å². The first-order valence-corrected chi connectivity index (χ1v) is 8.46. The molecule has 0 unspecified atom stereocenters. The van der Waals surface area contributed by atoms with Gasteiger partial charge in [0.15, 0.2) is 0 Å². The van der Waals surface area contributed by atoms with Crippen LogP contribution in [-0.2, 0) is 14.3 Å². The van der Waals surface area contributed by atoms with Gasteiger partial charge in [0.1, 0.15) is 17.3 Å². The smallest absolute Gasteiger partial charge is 0.459 e. The third-order valence-corrected chi connectivity index (χ3v) is 3.72. The number of rotatable bonds is 3. The first-order chi connectivity index (χ1) is 11.1. The van der Waals surface area contributed by atoms with Crippen LogP contribution in [0.4, 0.5) is 0 Å². The van der Waals surface area contributed by atoms with Crippen molar-refractivity contribution >= 4 is 11.8 Å². The van der Waals surface area contributed by atoms with E-state index in [9.17, 15) is 9.59 Å². The summed E-state index contributed by atoms with van der Waals surface area (Å²) in [5.41, 5.74) is 1.95. The van der Waals surface area contributed by atoms with Gasteiger partial charge in [0.25, 0.3) is 0 Å². The van der Waals surface area contributed by atoms with Crippen LogP contribution in [-0.4, -0.2) is 17.4 Å². The van der Waals surface area contributed by atoms with Gasteiger partial charge < -0.3 is 12.2 Å². The minimum absolute atomic E-state index is 0. The molecule has 0 radical (unpaired) electrons. The Balaban J connectivity index is 0. The van der Waals surface area contributed by atoms with E-state index in [-0.39, 0.29) is 50.2 Å². The van der Waals surface area contributed by atoms with Gasteiger partial charge in [0.05, 0.1) is 0 Å². The summed E-state index contributed by atoms with van der Waals surface area (Å²) in [6.45, 7) is 11.2. The van der Waals surface area contributed by atoms with Crippen molar-refractivity contribution < 1.29 is 45.4 Å². The van der Waals surface area contributed by atoms with Gasteiger partial charge in [-0.25, -0.2) is 0 Å². The molecular weight excluding hydrogens is 550 g/mol. The molecule has 0 bridgehead atoms. The fraction of sp³-hybridized carbons (Fsp3) is 0.500. The number of esters is 1. The predicted molar refractivity (Wildman–Crippen MR) is 103 cm³/mol. The Morgan fingerprint density at radius 1 is 1.15 bits per heavy atom. The zero-order valence-corrected chi connectivity index (χ0v) is 21.3. The SMILES string of the molecule is C[C@@H](C(=O)OC(C)(C)C)C(=O)C1CC=CC1.Cc1[c-]cc(C)cc1.[CH3-].[U+2]. The molecule has 0 saturated heterocycles. The van der Waals surface area contributed by atoms with E-state index in [1.165, 1.54) is 11.1 Å². The van der Waals surface area contributed by atoms with E-state index in [2.05, 4.69) is 25.1 Å². The molecule has 0 fully saturated rings. The van der Waals surface area contributed by atoms with Crippen molar-refractivity contribution in [3.8, 4) is 0 Å². The van der Waals surface area contributed by atoms with Crippen molar-refractivity contribution in [3.05, 3.63) is 55.0 Å². The van der Waals surface area contributed by atoms with Gasteiger partial charge in [0.2, 0.25) is 0 Å². The zero-order chi connectivity index (χ0) is 18.3. The zero-order valence-electron chi connectivity index (χ0n) is 17.2. The fourth-order valence-corrected chi connectivity index (χ4v) is 2.29. The predicted octanol–water partition coefficient (Wildman–Crippen LogP) is 5.05. The summed E-state index contributed by atoms with van der Waals surface area (Å²) in [6, 6.07) is 9.25. The van der Waals surface area contributed by atoms with Crippen LogP contribution >= 0.6 is 0 Å². The Bertz CT molecular complexity index is 553. The van der Waals surface area contributed by atoms with E-state index in [1.807, 2.05) is 25.1 Å². The Kier molecular flexibility index (Phi) is 13.2. The van der Waals surface area contributed by atoms with Crippen molar-refractivity contribution in [2.75, 3.05) is 0 Å². The summed E-state index contributed by atoms with van der Waals surface area (Å²) in [5, 5.41) is 0. The van der Waals surface area contributed by atoms with Gasteiger partial charge in [0, 0.05) is 5.92 Å². The number of hydrogen-bond donors (Lipinski definition) is 0. The quantitative estimate of drug-likeness (QED) is 0.217. The van der Waals surface area contributed by atoms with E-state index >= 15 is 0 Å². The Labute approximate surface area is 183 Å². The van der Waals surface area contributed by atoms with Crippen LogP contribution in [0.1, 0.15) is 51.7 Å².